The molecule has 1 saturated heterocycles. The van der Waals surface area contributed by atoms with Crippen molar-refractivity contribution in [1.29, 1.82) is 0 Å². The van der Waals surface area contributed by atoms with Crippen molar-refractivity contribution < 1.29 is 32.6 Å². The Hall–Kier alpha value is -3.51. The van der Waals surface area contributed by atoms with E-state index in [0.29, 0.717) is 11.1 Å². The number of hydrogen-bond acceptors (Lipinski definition) is 5. The standard InChI is InChI=1S/C25H26F4N6O2/c26-16-10-19(34(12-16)21(36)13-35-20(23(27)28)11-30-33-35)25(37)32-22(15-4-2-1-3-5-15)18-9-8-17(14-6-7-14)24(29)31-18/h1-5,8-9,11,14,16,19,22-23,30,33H,6-7,10,12-13H2,(H,32,37)/p+1/t16-,19+,22+/m1/s1. The monoisotopic (exact) mass is 519 g/mol. The molecule has 3 heterocycles. The van der Waals surface area contributed by atoms with Gasteiger partial charge >= 0.3 is 0 Å². The summed E-state index contributed by atoms with van der Waals surface area (Å²) in [5, 5.41) is 3.78. The first kappa shape index (κ1) is 25.2. The van der Waals surface area contributed by atoms with Crippen LogP contribution in [0.1, 0.15) is 48.0 Å². The number of nitrogens with zero attached hydrogens (tertiary/aromatic N) is 3. The van der Waals surface area contributed by atoms with Crippen LogP contribution in [0.15, 0.2) is 54.4 Å². The van der Waals surface area contributed by atoms with Gasteiger partial charge in [0.2, 0.25) is 17.8 Å². The summed E-state index contributed by atoms with van der Waals surface area (Å²) in [6.07, 6.45) is -1.53. The summed E-state index contributed by atoms with van der Waals surface area (Å²) in [5.74, 6) is -1.74. The Kier molecular flexibility index (Phi) is 7.11. The largest absolute Gasteiger partial charge is 0.342 e. The molecule has 0 unspecified atom stereocenters. The third kappa shape index (κ3) is 5.44. The predicted octanol–water partition coefficient (Wildman–Crippen LogP) is 1.65. The number of nitrogens with two attached hydrogens (primary N) is 1. The zero-order chi connectivity index (χ0) is 26.1. The number of aromatic nitrogens is 1. The molecule has 2 amide bonds. The molecule has 1 aromatic heterocycles. The molecule has 1 aromatic carbocycles. The van der Waals surface area contributed by atoms with E-state index in [0.717, 1.165) is 29.0 Å². The number of hydrogen-bond donors (Lipinski definition) is 3. The SMILES string of the molecule is O=C(N[C@@H](c1ccccc1)c1ccc(C2CC2)c(F)n1)[C@@H]1C[C@@H](F)CN1C(=O)CN1N[NH2+]C=C1C(F)F. The van der Waals surface area contributed by atoms with Crippen molar-refractivity contribution in [2.75, 3.05) is 13.1 Å². The van der Waals surface area contributed by atoms with E-state index >= 15 is 0 Å². The minimum atomic E-state index is -2.81. The fourth-order valence-electron chi connectivity index (χ4n) is 4.77. The molecule has 37 heavy (non-hydrogen) atoms. The number of carbonyl (C=O) groups excluding carboxylic acids is 2. The lowest BCUT2D eigenvalue weighted by molar-refractivity contribution is -0.660. The van der Waals surface area contributed by atoms with Crippen molar-refractivity contribution in [2.24, 2.45) is 0 Å². The third-order valence-corrected chi connectivity index (χ3v) is 6.82. The molecule has 5 rings (SSSR count). The third-order valence-electron chi connectivity index (χ3n) is 6.82. The van der Waals surface area contributed by atoms with Crippen LogP contribution < -0.4 is 16.3 Å². The van der Waals surface area contributed by atoms with E-state index in [1.54, 1.807) is 42.5 Å². The van der Waals surface area contributed by atoms with Crippen LogP contribution in [0.4, 0.5) is 17.6 Å². The number of pyridine rings is 1. The number of nitrogens with one attached hydrogen (secondary N) is 2. The molecule has 0 radical (unpaired) electrons. The lowest BCUT2D eigenvalue weighted by Gasteiger charge is -2.28. The van der Waals surface area contributed by atoms with Crippen molar-refractivity contribution >= 4 is 11.8 Å². The number of likely N-dealkylation sites (tertiary alicyclic amines) is 1. The number of halogens is 4. The number of allylic oxidation sites excluding steroid dienone is 1. The van der Waals surface area contributed by atoms with E-state index < -0.39 is 54.7 Å². The lowest BCUT2D eigenvalue weighted by Crippen LogP contribution is -2.87. The summed E-state index contributed by atoms with van der Waals surface area (Å²) in [7, 11) is 0. The highest BCUT2D eigenvalue weighted by Gasteiger charge is 2.42. The molecular weight excluding hydrogens is 492 g/mol. The Labute approximate surface area is 210 Å². The van der Waals surface area contributed by atoms with E-state index in [2.05, 4.69) is 15.8 Å². The molecular formula is C25H27F4N6O2+. The molecule has 2 aromatic rings. The second-order valence-corrected chi connectivity index (χ2v) is 9.41. The van der Waals surface area contributed by atoms with Gasteiger partial charge in [-0.2, -0.15) is 4.39 Å². The summed E-state index contributed by atoms with van der Waals surface area (Å²) < 4.78 is 55.6. The highest BCUT2D eigenvalue weighted by atomic mass is 19.3. The minimum Gasteiger partial charge on any atom is -0.342 e. The summed E-state index contributed by atoms with van der Waals surface area (Å²) >= 11 is 0. The molecule has 2 fully saturated rings. The van der Waals surface area contributed by atoms with Crippen molar-refractivity contribution in [2.45, 2.75) is 49.9 Å². The molecule has 4 N–H and O–H groups in total. The number of rotatable bonds is 8. The quantitative estimate of drug-likeness (QED) is 0.280. The zero-order valence-electron chi connectivity index (χ0n) is 19.8. The van der Waals surface area contributed by atoms with Gasteiger partial charge in [-0.05, 0) is 30.4 Å². The van der Waals surface area contributed by atoms with Gasteiger partial charge < -0.3 is 10.2 Å². The summed E-state index contributed by atoms with van der Waals surface area (Å²) in [4.78, 5) is 31.5. The van der Waals surface area contributed by atoms with Crippen LogP contribution in [0.25, 0.3) is 0 Å². The first-order valence-corrected chi connectivity index (χ1v) is 12.1. The van der Waals surface area contributed by atoms with Gasteiger partial charge in [0.25, 0.3) is 6.43 Å². The number of alkyl halides is 3. The van der Waals surface area contributed by atoms with Crippen LogP contribution in [-0.2, 0) is 9.59 Å². The van der Waals surface area contributed by atoms with Crippen molar-refractivity contribution in [3.8, 4) is 0 Å². The lowest BCUT2D eigenvalue weighted by atomic mass is 10.0. The predicted molar refractivity (Wildman–Crippen MR) is 123 cm³/mol. The molecule has 0 bridgehead atoms. The van der Waals surface area contributed by atoms with Gasteiger partial charge in [0.05, 0.1) is 18.3 Å². The van der Waals surface area contributed by atoms with Gasteiger partial charge in [0.15, 0.2) is 5.70 Å². The molecule has 0 spiro atoms. The van der Waals surface area contributed by atoms with Crippen LogP contribution in [0.3, 0.4) is 0 Å². The Morgan fingerprint density at radius 1 is 1.16 bits per heavy atom. The maximum atomic E-state index is 14.8. The number of benzene rings is 1. The van der Waals surface area contributed by atoms with E-state index in [-0.39, 0.29) is 24.6 Å². The van der Waals surface area contributed by atoms with Gasteiger partial charge in [0, 0.05) is 12.0 Å². The van der Waals surface area contributed by atoms with Crippen LogP contribution in [0, 0.1) is 5.95 Å². The van der Waals surface area contributed by atoms with Crippen LogP contribution in [0.2, 0.25) is 0 Å². The van der Waals surface area contributed by atoms with E-state index in [4.69, 9.17) is 0 Å². The minimum absolute atomic E-state index is 0.161. The number of hydrazine groups is 1. The topological polar surface area (TPSA) is 94.2 Å². The van der Waals surface area contributed by atoms with Crippen molar-refractivity contribution in [1.82, 2.24) is 25.7 Å². The molecule has 3 aliphatic rings. The van der Waals surface area contributed by atoms with Gasteiger partial charge in [0.1, 0.15) is 25.0 Å². The Bertz CT molecular complexity index is 1190. The maximum absolute atomic E-state index is 14.8. The molecule has 3 atom stereocenters. The summed E-state index contributed by atoms with van der Waals surface area (Å²) in [6, 6.07) is 10.2. The van der Waals surface area contributed by atoms with Crippen molar-refractivity contribution in [3.05, 3.63) is 77.1 Å². The molecule has 1 aliphatic carbocycles. The molecule has 196 valence electrons. The fourth-order valence-corrected chi connectivity index (χ4v) is 4.77. The summed E-state index contributed by atoms with van der Waals surface area (Å²) in [6.45, 7) is -0.831. The van der Waals surface area contributed by atoms with Gasteiger partial charge in [-0.25, -0.2) is 28.6 Å². The highest BCUT2D eigenvalue weighted by molar-refractivity contribution is 5.89. The Balaban J connectivity index is 1.35. The molecule has 12 heteroatoms. The second kappa shape index (κ2) is 10.5. The average Bonchev–Trinajstić information content (AvgIpc) is 3.48. The smallest absolute Gasteiger partial charge is 0.284 e. The van der Waals surface area contributed by atoms with Gasteiger partial charge in [-0.3, -0.25) is 9.59 Å². The number of quaternary nitrogens is 1. The zero-order valence-corrected chi connectivity index (χ0v) is 19.8. The molecule has 2 aliphatic heterocycles. The summed E-state index contributed by atoms with van der Waals surface area (Å²) in [5.41, 5.74) is 4.88. The average molecular weight is 520 g/mol. The normalized spacial score (nSPS) is 22.4. The van der Waals surface area contributed by atoms with Crippen LogP contribution in [0.5, 0.6) is 0 Å². The van der Waals surface area contributed by atoms with E-state index in [1.165, 1.54) is 5.43 Å². The van der Waals surface area contributed by atoms with Crippen molar-refractivity contribution in [3.63, 3.8) is 0 Å². The number of carbonyl (C=O) groups is 2. The first-order valence-electron chi connectivity index (χ1n) is 12.1. The van der Waals surface area contributed by atoms with E-state index in [1.807, 2.05) is 0 Å². The Morgan fingerprint density at radius 2 is 1.92 bits per heavy atom. The number of amides is 2. The maximum Gasteiger partial charge on any atom is 0.284 e. The van der Waals surface area contributed by atoms with Crippen LogP contribution in [-0.4, -0.2) is 58.4 Å². The van der Waals surface area contributed by atoms with Crippen LogP contribution >= 0.6 is 0 Å². The fraction of sp³-hybridized carbons (Fsp3) is 0.400. The second-order valence-electron chi connectivity index (χ2n) is 9.41. The molecule has 8 nitrogen and oxygen atoms in total. The first-order chi connectivity index (χ1) is 17.8. The van der Waals surface area contributed by atoms with E-state index in [9.17, 15) is 27.2 Å². The molecule has 1 saturated carbocycles. The van der Waals surface area contributed by atoms with Gasteiger partial charge in [-0.15, -0.1) is 0 Å². The van der Waals surface area contributed by atoms with Gasteiger partial charge in [-0.1, -0.05) is 41.9 Å². The highest BCUT2D eigenvalue weighted by Crippen LogP contribution is 2.41. The Morgan fingerprint density at radius 3 is 2.59 bits per heavy atom.